The Morgan fingerprint density at radius 2 is 2.25 bits per heavy atom. The average Bonchev–Trinajstić information content (AvgIpc) is 1.97. The zero-order chi connectivity index (χ0) is 8.81. The quantitative estimate of drug-likeness (QED) is 0.520. The van der Waals surface area contributed by atoms with E-state index in [2.05, 4.69) is 39.9 Å². The predicted molar refractivity (Wildman–Crippen MR) is 57.8 cm³/mol. The van der Waals surface area contributed by atoms with Crippen molar-refractivity contribution in [2.75, 3.05) is 18.4 Å². The third-order valence-corrected chi connectivity index (χ3v) is 2.89. The molecule has 0 spiro atoms. The van der Waals surface area contributed by atoms with Gasteiger partial charge in [-0.25, -0.2) is 0 Å². The first-order valence-corrected chi connectivity index (χ1v) is 5.91. The molecule has 0 N–H and O–H groups in total. The van der Waals surface area contributed by atoms with Crippen LogP contribution in [0.3, 0.4) is 0 Å². The fourth-order valence-corrected chi connectivity index (χ4v) is 1.98. The summed E-state index contributed by atoms with van der Waals surface area (Å²) in [6.45, 7) is 4.41. The summed E-state index contributed by atoms with van der Waals surface area (Å²) in [5.74, 6) is 0. The zero-order valence-corrected chi connectivity index (χ0v) is 9.39. The molecule has 1 fully saturated rings. The standard InChI is InChI=1S/C10H18BrN/c1-2-3-8-12(9-7-11)10-5-4-6-10/h2-3,10H,4-9H2,1H3/b3-2+. The summed E-state index contributed by atoms with van der Waals surface area (Å²) in [5.41, 5.74) is 0. The van der Waals surface area contributed by atoms with Crippen LogP contribution in [0.2, 0.25) is 0 Å². The van der Waals surface area contributed by atoms with Crippen LogP contribution in [0.5, 0.6) is 0 Å². The highest BCUT2D eigenvalue weighted by molar-refractivity contribution is 9.09. The smallest absolute Gasteiger partial charge is 0.0166 e. The lowest BCUT2D eigenvalue weighted by Crippen LogP contribution is -2.41. The van der Waals surface area contributed by atoms with E-state index in [4.69, 9.17) is 0 Å². The van der Waals surface area contributed by atoms with Crippen LogP contribution in [0.15, 0.2) is 12.2 Å². The van der Waals surface area contributed by atoms with Gasteiger partial charge in [-0.2, -0.15) is 0 Å². The van der Waals surface area contributed by atoms with Crippen LogP contribution in [0.4, 0.5) is 0 Å². The molecule has 0 atom stereocenters. The van der Waals surface area contributed by atoms with Gasteiger partial charge in [-0.15, -0.1) is 0 Å². The van der Waals surface area contributed by atoms with Gasteiger partial charge >= 0.3 is 0 Å². The van der Waals surface area contributed by atoms with E-state index in [9.17, 15) is 0 Å². The highest BCUT2D eigenvalue weighted by Gasteiger charge is 2.22. The molecule has 2 heteroatoms. The molecule has 0 radical (unpaired) electrons. The van der Waals surface area contributed by atoms with Gasteiger partial charge in [-0.1, -0.05) is 34.5 Å². The van der Waals surface area contributed by atoms with Crippen LogP contribution in [-0.4, -0.2) is 29.4 Å². The first-order chi connectivity index (χ1) is 5.88. The molecule has 0 aromatic carbocycles. The van der Waals surface area contributed by atoms with E-state index in [-0.39, 0.29) is 0 Å². The third-order valence-electron chi connectivity index (χ3n) is 2.54. The summed E-state index contributed by atoms with van der Waals surface area (Å²) in [7, 11) is 0. The molecule has 1 aliphatic rings. The molecule has 0 heterocycles. The largest absolute Gasteiger partial charge is 0.296 e. The number of hydrogen-bond donors (Lipinski definition) is 0. The molecule has 0 aromatic rings. The summed E-state index contributed by atoms with van der Waals surface area (Å²) in [4.78, 5) is 2.57. The molecule has 0 amide bonds. The lowest BCUT2D eigenvalue weighted by molar-refractivity contribution is 0.151. The van der Waals surface area contributed by atoms with E-state index in [0.29, 0.717) is 0 Å². The Morgan fingerprint density at radius 3 is 2.67 bits per heavy atom. The lowest BCUT2D eigenvalue weighted by atomic mass is 9.91. The average molecular weight is 232 g/mol. The number of alkyl halides is 1. The molecule has 0 bridgehead atoms. The maximum Gasteiger partial charge on any atom is 0.0166 e. The second kappa shape index (κ2) is 5.76. The van der Waals surface area contributed by atoms with Gasteiger partial charge in [0.05, 0.1) is 0 Å². The normalized spacial score (nSPS) is 18.9. The molecule has 0 aromatic heterocycles. The van der Waals surface area contributed by atoms with Crippen molar-refractivity contribution in [2.24, 2.45) is 0 Å². The predicted octanol–water partition coefficient (Wildman–Crippen LogP) is 2.81. The molecule has 0 unspecified atom stereocenters. The van der Waals surface area contributed by atoms with E-state index in [1.54, 1.807) is 0 Å². The van der Waals surface area contributed by atoms with Crippen LogP contribution in [0.25, 0.3) is 0 Å². The first-order valence-electron chi connectivity index (χ1n) is 4.79. The van der Waals surface area contributed by atoms with Gasteiger partial charge in [0.15, 0.2) is 0 Å². The van der Waals surface area contributed by atoms with Crippen LogP contribution in [0, 0.1) is 0 Å². The maximum absolute atomic E-state index is 3.50. The Morgan fingerprint density at radius 1 is 1.50 bits per heavy atom. The Bertz CT molecular complexity index is 141. The SMILES string of the molecule is C/C=C/CN(CCBr)C1CCC1. The molecule has 1 nitrogen and oxygen atoms in total. The second-order valence-corrected chi connectivity index (χ2v) is 4.13. The number of nitrogens with zero attached hydrogens (tertiary/aromatic N) is 1. The minimum Gasteiger partial charge on any atom is -0.296 e. The Kier molecular flexibility index (Phi) is 4.93. The van der Waals surface area contributed by atoms with Crippen molar-refractivity contribution >= 4 is 15.9 Å². The van der Waals surface area contributed by atoms with Crippen LogP contribution < -0.4 is 0 Å². The van der Waals surface area contributed by atoms with Crippen LogP contribution in [-0.2, 0) is 0 Å². The third kappa shape index (κ3) is 2.91. The first kappa shape index (κ1) is 10.3. The molecule has 12 heavy (non-hydrogen) atoms. The summed E-state index contributed by atoms with van der Waals surface area (Å²) in [5, 5.41) is 1.10. The van der Waals surface area contributed by atoms with Crippen molar-refractivity contribution in [2.45, 2.75) is 32.2 Å². The van der Waals surface area contributed by atoms with E-state index in [1.807, 2.05) is 0 Å². The van der Waals surface area contributed by atoms with Gasteiger partial charge < -0.3 is 0 Å². The highest BCUT2D eigenvalue weighted by atomic mass is 79.9. The molecule has 0 aliphatic heterocycles. The monoisotopic (exact) mass is 231 g/mol. The summed E-state index contributed by atoms with van der Waals surface area (Å²) < 4.78 is 0. The maximum atomic E-state index is 3.50. The van der Waals surface area contributed by atoms with Crippen molar-refractivity contribution in [1.82, 2.24) is 4.90 Å². The van der Waals surface area contributed by atoms with Gasteiger partial charge in [0.1, 0.15) is 0 Å². The molecule has 1 aliphatic carbocycles. The Labute approximate surface area is 84.0 Å². The number of hydrogen-bond acceptors (Lipinski definition) is 1. The highest BCUT2D eigenvalue weighted by Crippen LogP contribution is 2.24. The summed E-state index contributed by atoms with van der Waals surface area (Å²) >= 11 is 3.50. The van der Waals surface area contributed by atoms with Crippen LogP contribution >= 0.6 is 15.9 Å². The van der Waals surface area contributed by atoms with Crippen molar-refractivity contribution < 1.29 is 0 Å². The summed E-state index contributed by atoms with van der Waals surface area (Å²) in [6, 6.07) is 0.874. The molecule has 0 saturated heterocycles. The number of halogens is 1. The molecule has 70 valence electrons. The molecular weight excluding hydrogens is 214 g/mol. The van der Waals surface area contributed by atoms with E-state index >= 15 is 0 Å². The molecule has 1 rings (SSSR count). The Hall–Kier alpha value is 0.180. The van der Waals surface area contributed by atoms with Gasteiger partial charge in [-0.05, 0) is 19.8 Å². The minimum atomic E-state index is 0.874. The molecule has 1 saturated carbocycles. The topological polar surface area (TPSA) is 3.24 Å². The van der Waals surface area contributed by atoms with Crippen molar-refractivity contribution in [3.05, 3.63) is 12.2 Å². The van der Waals surface area contributed by atoms with E-state index in [0.717, 1.165) is 17.9 Å². The summed E-state index contributed by atoms with van der Waals surface area (Å²) in [6.07, 6.45) is 8.63. The van der Waals surface area contributed by atoms with Crippen LogP contribution in [0.1, 0.15) is 26.2 Å². The molecular formula is C10H18BrN. The van der Waals surface area contributed by atoms with Gasteiger partial charge in [0.25, 0.3) is 0 Å². The fourth-order valence-electron chi connectivity index (χ4n) is 1.52. The van der Waals surface area contributed by atoms with E-state index < -0.39 is 0 Å². The number of allylic oxidation sites excluding steroid dienone is 1. The minimum absolute atomic E-state index is 0.874. The zero-order valence-electron chi connectivity index (χ0n) is 7.80. The van der Waals surface area contributed by atoms with Gasteiger partial charge in [-0.3, -0.25) is 4.90 Å². The van der Waals surface area contributed by atoms with E-state index in [1.165, 1.54) is 25.8 Å². The second-order valence-electron chi connectivity index (χ2n) is 3.34. The number of rotatable bonds is 5. The fraction of sp³-hybridized carbons (Fsp3) is 0.800. The van der Waals surface area contributed by atoms with Gasteiger partial charge in [0.2, 0.25) is 0 Å². The van der Waals surface area contributed by atoms with Crippen molar-refractivity contribution in [1.29, 1.82) is 0 Å². The van der Waals surface area contributed by atoms with Crippen molar-refractivity contribution in [3.63, 3.8) is 0 Å². The lowest BCUT2D eigenvalue weighted by Gasteiger charge is -2.36. The van der Waals surface area contributed by atoms with Gasteiger partial charge in [0, 0.05) is 24.5 Å². The Balaban J connectivity index is 2.26. The van der Waals surface area contributed by atoms with Crippen molar-refractivity contribution in [3.8, 4) is 0 Å².